The van der Waals surface area contributed by atoms with Gasteiger partial charge in [-0.3, -0.25) is 11.3 Å². The van der Waals surface area contributed by atoms with E-state index in [0.717, 1.165) is 15.6 Å². The molecular weight excluding hydrogens is 366 g/mol. The highest BCUT2D eigenvalue weighted by Gasteiger charge is 2.16. The highest BCUT2D eigenvalue weighted by atomic mass is 79.9. The fourth-order valence-corrected chi connectivity index (χ4v) is 2.96. The molecule has 6 heteroatoms. The molecule has 0 saturated heterocycles. The van der Waals surface area contributed by atoms with E-state index in [9.17, 15) is 4.39 Å². The predicted octanol–water partition coefficient (Wildman–Crippen LogP) is 4.64. The molecule has 20 heavy (non-hydrogen) atoms. The summed E-state index contributed by atoms with van der Waals surface area (Å²) in [5.74, 6) is 5.27. The van der Waals surface area contributed by atoms with E-state index in [1.54, 1.807) is 18.2 Å². The number of hydrazine groups is 1. The van der Waals surface area contributed by atoms with Gasteiger partial charge in [0.1, 0.15) is 5.82 Å². The van der Waals surface area contributed by atoms with Crippen LogP contribution in [0.4, 0.5) is 4.39 Å². The Morgan fingerprint density at radius 2 is 1.95 bits per heavy atom. The maximum Gasteiger partial charge on any atom is 0.123 e. The lowest BCUT2D eigenvalue weighted by Gasteiger charge is -2.19. The quantitative estimate of drug-likeness (QED) is 0.601. The Kier molecular flexibility index (Phi) is 5.41. The molecule has 0 aliphatic carbocycles. The second kappa shape index (κ2) is 6.87. The van der Waals surface area contributed by atoms with Crippen molar-refractivity contribution < 1.29 is 4.39 Å². The summed E-state index contributed by atoms with van der Waals surface area (Å²) < 4.78 is 14.2. The predicted molar refractivity (Wildman–Crippen MR) is 84.3 cm³/mol. The van der Waals surface area contributed by atoms with Crippen LogP contribution in [0.25, 0.3) is 0 Å². The van der Waals surface area contributed by atoms with Crippen LogP contribution in [-0.2, 0) is 6.42 Å². The van der Waals surface area contributed by atoms with Gasteiger partial charge in [0.15, 0.2) is 0 Å². The van der Waals surface area contributed by atoms with Crippen molar-refractivity contribution in [1.29, 1.82) is 0 Å². The summed E-state index contributed by atoms with van der Waals surface area (Å²) in [4.78, 5) is 0. The summed E-state index contributed by atoms with van der Waals surface area (Å²) in [6.45, 7) is 0. The number of nitrogens with two attached hydrogens (primary N) is 1. The van der Waals surface area contributed by atoms with Crippen molar-refractivity contribution in [3.63, 3.8) is 0 Å². The van der Waals surface area contributed by atoms with Gasteiger partial charge in [-0.05, 0) is 47.9 Å². The second-order valence-corrected chi connectivity index (χ2v) is 6.02. The van der Waals surface area contributed by atoms with Gasteiger partial charge in [-0.1, -0.05) is 45.2 Å². The van der Waals surface area contributed by atoms with E-state index in [1.807, 2.05) is 6.07 Å². The molecule has 0 bridgehead atoms. The summed E-state index contributed by atoms with van der Waals surface area (Å²) in [5, 5.41) is 1.13. The molecular formula is C14H12BrCl2FN2. The highest BCUT2D eigenvalue weighted by Crippen LogP contribution is 2.29. The standard InChI is InChI=1S/C14H12BrCl2FN2/c15-12-4-3-10(18)7-11(12)14(20-19)5-8-1-2-9(16)6-13(8)17/h1-4,6-7,14,20H,5,19H2. The Morgan fingerprint density at radius 3 is 2.60 bits per heavy atom. The van der Waals surface area contributed by atoms with Crippen LogP contribution in [0.1, 0.15) is 17.2 Å². The third kappa shape index (κ3) is 3.71. The van der Waals surface area contributed by atoms with Crippen molar-refractivity contribution >= 4 is 39.1 Å². The van der Waals surface area contributed by atoms with E-state index in [-0.39, 0.29) is 11.9 Å². The second-order valence-electron chi connectivity index (χ2n) is 4.32. The maximum atomic E-state index is 13.4. The summed E-state index contributed by atoms with van der Waals surface area (Å²) in [6.07, 6.45) is 0.522. The van der Waals surface area contributed by atoms with E-state index in [1.165, 1.54) is 12.1 Å². The molecule has 0 aliphatic rings. The Bertz CT molecular complexity index is 622. The summed E-state index contributed by atoms with van der Waals surface area (Å²) in [6, 6.07) is 9.48. The van der Waals surface area contributed by atoms with E-state index in [2.05, 4.69) is 21.4 Å². The Balaban J connectivity index is 2.31. The van der Waals surface area contributed by atoms with Crippen LogP contribution in [0.5, 0.6) is 0 Å². The van der Waals surface area contributed by atoms with Gasteiger partial charge in [0.05, 0.1) is 6.04 Å². The minimum Gasteiger partial charge on any atom is -0.271 e. The molecule has 0 radical (unpaired) electrons. The van der Waals surface area contributed by atoms with Crippen molar-refractivity contribution in [3.8, 4) is 0 Å². The number of hydrogen-bond donors (Lipinski definition) is 2. The van der Waals surface area contributed by atoms with Gasteiger partial charge in [-0.15, -0.1) is 0 Å². The molecule has 0 fully saturated rings. The first-order chi connectivity index (χ1) is 9.51. The summed E-state index contributed by atoms with van der Waals surface area (Å²) in [7, 11) is 0. The SMILES string of the molecule is NNC(Cc1ccc(Cl)cc1Cl)c1cc(F)ccc1Br. The van der Waals surface area contributed by atoms with Crippen molar-refractivity contribution in [3.05, 3.63) is 67.9 Å². The van der Waals surface area contributed by atoms with E-state index < -0.39 is 0 Å². The summed E-state index contributed by atoms with van der Waals surface area (Å²) in [5.41, 5.74) is 4.31. The van der Waals surface area contributed by atoms with Crippen molar-refractivity contribution in [1.82, 2.24) is 5.43 Å². The molecule has 0 aromatic heterocycles. The van der Waals surface area contributed by atoms with E-state index >= 15 is 0 Å². The smallest absolute Gasteiger partial charge is 0.123 e. The Hall–Kier alpha value is -0.650. The Labute approximate surface area is 135 Å². The number of halogens is 4. The lowest BCUT2D eigenvalue weighted by Crippen LogP contribution is -2.30. The molecule has 3 N–H and O–H groups in total. The van der Waals surface area contributed by atoms with Crippen LogP contribution in [-0.4, -0.2) is 0 Å². The number of nitrogens with one attached hydrogen (secondary N) is 1. The largest absolute Gasteiger partial charge is 0.271 e. The van der Waals surface area contributed by atoms with Gasteiger partial charge in [-0.25, -0.2) is 4.39 Å². The first-order valence-corrected chi connectivity index (χ1v) is 7.41. The average molecular weight is 378 g/mol. The van der Waals surface area contributed by atoms with Crippen molar-refractivity contribution in [2.24, 2.45) is 5.84 Å². The molecule has 2 aromatic rings. The molecule has 0 aliphatic heterocycles. The fraction of sp³-hybridized carbons (Fsp3) is 0.143. The van der Waals surface area contributed by atoms with Crippen LogP contribution >= 0.6 is 39.1 Å². The van der Waals surface area contributed by atoms with Crippen LogP contribution in [0, 0.1) is 5.82 Å². The van der Waals surface area contributed by atoms with Gasteiger partial charge >= 0.3 is 0 Å². The molecule has 1 atom stereocenters. The minimum atomic E-state index is -0.314. The number of rotatable bonds is 4. The topological polar surface area (TPSA) is 38.0 Å². The third-order valence-electron chi connectivity index (χ3n) is 2.97. The zero-order chi connectivity index (χ0) is 14.7. The van der Waals surface area contributed by atoms with Gasteiger partial charge in [-0.2, -0.15) is 0 Å². The summed E-state index contributed by atoms with van der Waals surface area (Å²) >= 11 is 15.4. The fourth-order valence-electron chi connectivity index (χ4n) is 1.95. The molecule has 106 valence electrons. The van der Waals surface area contributed by atoms with Crippen LogP contribution in [0.15, 0.2) is 40.9 Å². The number of benzene rings is 2. The maximum absolute atomic E-state index is 13.4. The first kappa shape index (κ1) is 15.7. The third-order valence-corrected chi connectivity index (χ3v) is 4.28. The van der Waals surface area contributed by atoms with Crippen LogP contribution in [0.2, 0.25) is 10.0 Å². The zero-order valence-corrected chi connectivity index (χ0v) is 13.4. The monoisotopic (exact) mass is 376 g/mol. The molecule has 0 saturated carbocycles. The van der Waals surface area contributed by atoms with E-state index in [4.69, 9.17) is 29.0 Å². The van der Waals surface area contributed by atoms with Crippen molar-refractivity contribution in [2.45, 2.75) is 12.5 Å². The van der Waals surface area contributed by atoms with Crippen LogP contribution in [0.3, 0.4) is 0 Å². The normalized spacial score (nSPS) is 12.4. The van der Waals surface area contributed by atoms with Gasteiger partial charge in [0.2, 0.25) is 0 Å². The van der Waals surface area contributed by atoms with Crippen molar-refractivity contribution in [2.75, 3.05) is 0 Å². The average Bonchev–Trinajstić information content (AvgIpc) is 2.41. The molecule has 0 amide bonds. The molecule has 2 nitrogen and oxygen atoms in total. The molecule has 0 spiro atoms. The first-order valence-electron chi connectivity index (χ1n) is 5.86. The molecule has 1 unspecified atom stereocenters. The lowest BCUT2D eigenvalue weighted by molar-refractivity contribution is 0.542. The lowest BCUT2D eigenvalue weighted by atomic mass is 9.99. The molecule has 2 aromatic carbocycles. The highest BCUT2D eigenvalue weighted by molar-refractivity contribution is 9.10. The van der Waals surface area contributed by atoms with Gasteiger partial charge in [0, 0.05) is 14.5 Å². The molecule has 2 rings (SSSR count). The van der Waals surface area contributed by atoms with Crippen LogP contribution < -0.4 is 11.3 Å². The Morgan fingerprint density at radius 1 is 1.20 bits per heavy atom. The molecule has 0 heterocycles. The van der Waals surface area contributed by atoms with E-state index in [0.29, 0.717) is 16.5 Å². The number of hydrogen-bond acceptors (Lipinski definition) is 2. The zero-order valence-electron chi connectivity index (χ0n) is 10.3. The minimum absolute atomic E-state index is 0.265. The van der Waals surface area contributed by atoms with Gasteiger partial charge in [0.25, 0.3) is 0 Å². The van der Waals surface area contributed by atoms with Gasteiger partial charge < -0.3 is 0 Å².